The van der Waals surface area contributed by atoms with Gasteiger partial charge in [0.25, 0.3) is 23.6 Å². The minimum Gasteiger partial charge on any atom is -0.362 e. The van der Waals surface area contributed by atoms with Crippen LogP contribution in [0.1, 0.15) is 55.4 Å². The number of hydrogen-bond donors (Lipinski definition) is 4. The maximum absolute atomic E-state index is 13.0. The number of ether oxygens (including phenoxy) is 4. The molecule has 36 heavy (non-hydrogen) atoms. The summed E-state index contributed by atoms with van der Waals surface area (Å²) < 4.78 is 23.0. The Hall–Kier alpha value is -2.28. The SMILES string of the molecule is CC(C)OC1C(=O)NCCNC(=O)[C@H](OC(C)C)[C@@H](OC(C)C)C(=O)NCCNC(=O)[C@@H]1OC(C)C. The molecule has 0 aromatic rings. The van der Waals surface area contributed by atoms with Crippen LogP contribution in [0.3, 0.4) is 0 Å². The van der Waals surface area contributed by atoms with E-state index in [1.54, 1.807) is 55.4 Å². The van der Waals surface area contributed by atoms with Gasteiger partial charge < -0.3 is 40.2 Å². The number of nitrogens with one attached hydrogen (secondary N) is 4. The van der Waals surface area contributed by atoms with Crippen LogP contribution in [-0.4, -0.2) is 98.6 Å². The predicted octanol–water partition coefficient (Wildman–Crippen LogP) is -0.361. The molecule has 0 aromatic carbocycles. The fourth-order valence-electron chi connectivity index (χ4n) is 3.40. The van der Waals surface area contributed by atoms with Crippen molar-refractivity contribution in [2.24, 2.45) is 0 Å². The van der Waals surface area contributed by atoms with Crippen LogP contribution in [0, 0.1) is 0 Å². The lowest BCUT2D eigenvalue weighted by Crippen LogP contribution is -2.57. The predicted molar refractivity (Wildman–Crippen MR) is 132 cm³/mol. The smallest absolute Gasteiger partial charge is 0.252 e. The van der Waals surface area contributed by atoms with Crippen molar-refractivity contribution in [1.82, 2.24) is 21.3 Å². The van der Waals surface area contributed by atoms with Crippen molar-refractivity contribution in [3.05, 3.63) is 0 Å². The highest BCUT2D eigenvalue weighted by molar-refractivity contribution is 5.92. The van der Waals surface area contributed by atoms with Gasteiger partial charge in [-0.15, -0.1) is 0 Å². The van der Waals surface area contributed by atoms with Gasteiger partial charge in [-0.1, -0.05) is 0 Å². The van der Waals surface area contributed by atoms with Gasteiger partial charge in [0.1, 0.15) is 0 Å². The van der Waals surface area contributed by atoms with Crippen LogP contribution in [0.15, 0.2) is 0 Å². The highest BCUT2D eigenvalue weighted by atomic mass is 16.6. The van der Waals surface area contributed by atoms with Crippen molar-refractivity contribution in [3.8, 4) is 0 Å². The second-order valence-corrected chi connectivity index (χ2v) is 9.59. The molecular formula is C24H44N4O8. The van der Waals surface area contributed by atoms with E-state index in [0.29, 0.717) is 0 Å². The molecule has 1 unspecified atom stereocenters. The summed E-state index contributed by atoms with van der Waals surface area (Å²) in [6.07, 6.45) is -6.30. The van der Waals surface area contributed by atoms with E-state index in [0.717, 1.165) is 0 Å². The number of carbonyl (C=O) groups is 4. The van der Waals surface area contributed by atoms with Crippen LogP contribution < -0.4 is 21.3 Å². The first-order valence-electron chi connectivity index (χ1n) is 12.6. The Morgan fingerprint density at radius 2 is 0.611 bits per heavy atom. The standard InChI is InChI=1S/C24H44N4O8/c1-13(2)33-17-18(34-14(3)4)22(30)26-11-12-28-24(32)20(36-16(7)8)19(35-15(5)6)23(31)27-10-9-25-21(17)29/h13-20H,9-12H2,1-8H3,(H,25,29)(H,26,30)(H,27,31)(H,28,32)/t17-,18-,19-,20?/m1/s1. The molecule has 208 valence electrons. The van der Waals surface area contributed by atoms with Gasteiger partial charge in [0, 0.05) is 26.2 Å². The van der Waals surface area contributed by atoms with Crippen LogP contribution in [-0.2, 0) is 38.1 Å². The minimum absolute atomic E-state index is 0.0504. The molecule has 4 atom stereocenters. The van der Waals surface area contributed by atoms with E-state index in [1.807, 2.05) is 0 Å². The second kappa shape index (κ2) is 15.7. The Morgan fingerprint density at radius 3 is 0.750 bits per heavy atom. The summed E-state index contributed by atoms with van der Waals surface area (Å²) in [7, 11) is 0. The van der Waals surface area contributed by atoms with Gasteiger partial charge >= 0.3 is 0 Å². The number of rotatable bonds is 8. The van der Waals surface area contributed by atoms with Crippen LogP contribution in [0.4, 0.5) is 0 Å². The molecule has 0 spiro atoms. The third-order valence-electron chi connectivity index (χ3n) is 4.71. The molecule has 1 fully saturated rings. The van der Waals surface area contributed by atoms with Crippen molar-refractivity contribution in [3.63, 3.8) is 0 Å². The zero-order chi connectivity index (χ0) is 27.4. The minimum atomic E-state index is -1.22. The van der Waals surface area contributed by atoms with E-state index < -0.39 is 48.0 Å². The van der Waals surface area contributed by atoms with E-state index in [1.165, 1.54) is 0 Å². The van der Waals surface area contributed by atoms with Crippen molar-refractivity contribution < 1.29 is 38.1 Å². The number of amides is 4. The summed E-state index contributed by atoms with van der Waals surface area (Å²) in [6, 6.07) is 0. The average molecular weight is 517 g/mol. The Kier molecular flexibility index (Phi) is 13.9. The van der Waals surface area contributed by atoms with E-state index in [-0.39, 0.29) is 50.6 Å². The number of hydrogen-bond acceptors (Lipinski definition) is 8. The summed E-state index contributed by atoms with van der Waals surface area (Å²) in [5.74, 6) is -2.18. The van der Waals surface area contributed by atoms with Crippen molar-refractivity contribution in [2.45, 2.75) is 104 Å². The zero-order valence-corrected chi connectivity index (χ0v) is 22.7. The first-order chi connectivity index (χ1) is 16.8. The third kappa shape index (κ3) is 11.2. The Labute approximate surface area is 213 Å². The molecule has 1 rings (SSSR count). The molecule has 1 saturated heterocycles. The monoisotopic (exact) mass is 516 g/mol. The van der Waals surface area contributed by atoms with Gasteiger partial charge in [-0.25, -0.2) is 0 Å². The Bertz CT molecular complexity index is 609. The van der Waals surface area contributed by atoms with E-state index in [4.69, 9.17) is 18.9 Å². The van der Waals surface area contributed by atoms with Crippen LogP contribution in [0.5, 0.6) is 0 Å². The number of carbonyl (C=O) groups excluding carboxylic acids is 4. The average Bonchev–Trinajstić information content (AvgIpc) is 2.76. The molecule has 4 N–H and O–H groups in total. The summed E-state index contributed by atoms with van der Waals surface area (Å²) >= 11 is 0. The van der Waals surface area contributed by atoms with Crippen LogP contribution in [0.2, 0.25) is 0 Å². The normalized spacial score (nSPS) is 25.7. The quantitative estimate of drug-likeness (QED) is 0.341. The fraction of sp³-hybridized carbons (Fsp3) is 0.833. The second-order valence-electron chi connectivity index (χ2n) is 9.59. The summed E-state index contributed by atoms with van der Waals surface area (Å²) in [6.45, 7) is 14.2. The van der Waals surface area contributed by atoms with Gasteiger partial charge in [-0.05, 0) is 55.4 Å². The van der Waals surface area contributed by atoms with Crippen LogP contribution >= 0.6 is 0 Å². The Balaban J connectivity index is 3.21. The van der Waals surface area contributed by atoms with E-state index >= 15 is 0 Å². The molecule has 0 aromatic heterocycles. The molecule has 1 aliphatic heterocycles. The summed E-state index contributed by atoms with van der Waals surface area (Å²) in [4.78, 5) is 51.9. The molecular weight excluding hydrogens is 472 g/mol. The van der Waals surface area contributed by atoms with Crippen molar-refractivity contribution in [2.75, 3.05) is 26.2 Å². The van der Waals surface area contributed by atoms with Gasteiger partial charge in [0.05, 0.1) is 24.4 Å². The lowest BCUT2D eigenvalue weighted by molar-refractivity contribution is -0.166. The molecule has 4 amide bonds. The molecule has 12 nitrogen and oxygen atoms in total. The molecule has 1 heterocycles. The topological polar surface area (TPSA) is 153 Å². The zero-order valence-electron chi connectivity index (χ0n) is 22.7. The van der Waals surface area contributed by atoms with Crippen LogP contribution in [0.25, 0.3) is 0 Å². The summed E-state index contributed by atoms with van der Waals surface area (Å²) in [5.41, 5.74) is 0. The third-order valence-corrected chi connectivity index (χ3v) is 4.71. The van der Waals surface area contributed by atoms with Crippen molar-refractivity contribution >= 4 is 23.6 Å². The van der Waals surface area contributed by atoms with Gasteiger partial charge in [0.15, 0.2) is 24.4 Å². The molecule has 0 radical (unpaired) electrons. The molecule has 0 aliphatic carbocycles. The van der Waals surface area contributed by atoms with E-state index in [9.17, 15) is 19.2 Å². The van der Waals surface area contributed by atoms with Gasteiger partial charge in [0.2, 0.25) is 0 Å². The van der Waals surface area contributed by atoms with Gasteiger partial charge in [-0.3, -0.25) is 19.2 Å². The molecule has 12 heteroatoms. The Morgan fingerprint density at radius 1 is 0.444 bits per heavy atom. The first-order valence-corrected chi connectivity index (χ1v) is 12.6. The molecule has 0 bridgehead atoms. The highest BCUT2D eigenvalue weighted by Crippen LogP contribution is 2.13. The maximum Gasteiger partial charge on any atom is 0.252 e. The highest BCUT2D eigenvalue weighted by Gasteiger charge is 2.39. The van der Waals surface area contributed by atoms with E-state index in [2.05, 4.69) is 21.3 Å². The first kappa shape index (κ1) is 31.7. The largest absolute Gasteiger partial charge is 0.362 e. The lowest BCUT2D eigenvalue weighted by atomic mass is 10.1. The van der Waals surface area contributed by atoms with Gasteiger partial charge in [-0.2, -0.15) is 0 Å². The fourth-order valence-corrected chi connectivity index (χ4v) is 3.40. The summed E-state index contributed by atoms with van der Waals surface area (Å²) in [5, 5.41) is 10.7. The van der Waals surface area contributed by atoms with Crippen molar-refractivity contribution in [1.29, 1.82) is 0 Å². The molecule has 1 aliphatic rings. The lowest BCUT2D eigenvalue weighted by Gasteiger charge is -2.30. The molecule has 0 saturated carbocycles. The maximum atomic E-state index is 13.0.